The molecule has 615 valence electrons. The summed E-state index contributed by atoms with van der Waals surface area (Å²) in [6.07, 6.45) is 4.98. The Kier molecular flexibility index (Phi) is 48.8. The van der Waals surface area contributed by atoms with Crippen LogP contribution >= 0.6 is 37.2 Å². The number of amides is 4. The molecular weight excluding hydrogens is 1830 g/mol. The van der Waals surface area contributed by atoms with Crippen LogP contribution in [0.3, 0.4) is 0 Å². The van der Waals surface area contributed by atoms with Crippen LogP contribution in [0.15, 0.2) is 121 Å². The molecule has 0 saturated carbocycles. The molecule has 1 radical (unpaired) electrons. The first kappa shape index (κ1) is 101. The summed E-state index contributed by atoms with van der Waals surface area (Å²) in [5.41, 5.74) is 8.29. The molecule has 0 spiro atoms. The van der Waals surface area contributed by atoms with Crippen molar-refractivity contribution in [2.45, 2.75) is 196 Å². The van der Waals surface area contributed by atoms with Crippen LogP contribution in [0.4, 0.5) is 0 Å². The predicted octanol–water partition coefficient (Wildman–Crippen LogP) is 8.01. The zero-order chi connectivity index (χ0) is 80.1. The number of aliphatic carboxylic acids is 1. The van der Waals surface area contributed by atoms with Gasteiger partial charge < -0.3 is 51.1 Å². The van der Waals surface area contributed by atoms with Gasteiger partial charge in [-0.15, -0.1) is 0 Å². The third-order valence-corrected chi connectivity index (χ3v) is 19.7. The average Bonchev–Trinajstić information content (AvgIpc) is 1.65. The summed E-state index contributed by atoms with van der Waals surface area (Å²) >= 11 is 5.30. The molecule has 111 heavy (non-hydrogen) atoms. The van der Waals surface area contributed by atoms with E-state index in [1.165, 1.54) is 0 Å². The average molecular weight is 1950 g/mol. The van der Waals surface area contributed by atoms with Crippen molar-refractivity contribution in [1.82, 2.24) is 31.1 Å². The van der Waals surface area contributed by atoms with Crippen molar-refractivity contribution in [1.29, 1.82) is 0 Å². The maximum absolute atomic E-state index is 14.2. The number of carboxylic acid groups (broad SMARTS) is 1. The molecule has 4 aromatic carbocycles. The molecule has 4 saturated heterocycles. The minimum atomic E-state index is -1.04. The minimum Gasteiger partial charge on any atom is 0 e. The summed E-state index contributed by atoms with van der Waals surface area (Å²) in [6, 6.07) is 35.9. The van der Waals surface area contributed by atoms with Crippen LogP contribution in [0, 0.1) is 47.3 Å². The Hall–Kier alpha value is -4.41. The van der Waals surface area contributed by atoms with Gasteiger partial charge in [-0.05, 0) is 124 Å². The second-order valence-electron chi connectivity index (χ2n) is 31.3. The summed E-state index contributed by atoms with van der Waals surface area (Å²) in [4.78, 5) is 135. The van der Waals surface area contributed by atoms with Gasteiger partial charge in [-0.1, -0.05) is 184 Å². The van der Waals surface area contributed by atoms with Crippen LogP contribution < -0.4 is 40.3 Å². The summed E-state index contributed by atoms with van der Waals surface area (Å²) in [5.74, 6) is -4.33. The zero-order valence-electron chi connectivity index (χ0n) is 66.2. The Morgan fingerprint density at radius 2 is 0.748 bits per heavy atom. The number of nitrogens with zero attached hydrogens (tertiary/aromatic N) is 2. The standard InChI is InChI=1S/C42H59N3O7.C23H34N2O5.C19H28N2O3.CH4.I3.Y/c1-29(2)22-36(43-40(49)33(17-16-31-12-8-6-9-13-31)25-35(46)27-45-18-20-51-21-19-45)38(47)26-34(24-32-14-10-7-11-15-32)41(50)44-37(23-30(3)4)39(48)42(5)28-52-42;1-17(2)14-21(23(28)29)24-22(27)19(9-8-18-6-4-3-5-7-18)15-20(26)16-25-10-12-30-13-11-25;1-13(2)9-16(17(22)19(3)12-24-19)21-18(23)15(11-20)10-14-7-5-4-6-8-14;;1-3-2;/h6-15,29-30,33-34,36-37H,16-28H2,1-5H3,(H,43,49)(H,44,50);3-7,17,19,21H,8-16H2,1-2H3,(H,24,27)(H,28,29);4-8,13,15-16H,9-12,20H2,1-3H3,(H,21,23);1H4;;/q;;;;-1;/t33-,34-,36+,37+,42-;19-,21+;15?,16-,19+;;;/m110.../s1. The number of nitrogens with one attached hydrogen (secondary N) is 4. The van der Waals surface area contributed by atoms with Gasteiger partial charge in [-0.2, -0.15) is 0 Å². The SMILES string of the molecule is C.CC(C)C[C@H](NC(=O)C(CN)Cc1ccccc1)C(=O)[C@@]1(C)CO1.CC(C)C[C@H](NC(=O)[C@H](CCc1ccccc1)CC(=O)CN1CCOCC1)C(=O)C[C@@H](Cc1ccccc1)C(=O)N[C@@H](CC(C)C)C(=O)[C@@]1(C)CO1.CC(C)C[C@H](NC(=O)[C@H](CCc1ccccc1)CC(=O)CN1CCOCC1)C(=O)O.I[I-]I.[Y]. The van der Waals surface area contributed by atoms with Crippen molar-refractivity contribution >= 4 is 95.7 Å². The second kappa shape index (κ2) is 53.8. The Bertz CT molecular complexity index is 3440. The van der Waals surface area contributed by atoms with Crippen LogP contribution in [0.25, 0.3) is 0 Å². The van der Waals surface area contributed by atoms with Crippen LogP contribution in [-0.2, 0) is 125 Å². The molecular formula is C85H125I3N7O15Y-. The number of halogens is 3. The molecule has 4 fully saturated rings. The van der Waals surface area contributed by atoms with Crippen LogP contribution in [0.1, 0.15) is 157 Å². The largest absolute Gasteiger partial charge is 0 e. The number of hydrogen-bond acceptors (Lipinski definition) is 17. The fourth-order valence-corrected chi connectivity index (χ4v) is 13.3. The predicted molar refractivity (Wildman–Crippen MR) is 443 cm³/mol. The Morgan fingerprint density at radius 1 is 0.459 bits per heavy atom. The number of aryl methyl sites for hydroxylation is 2. The molecule has 0 bridgehead atoms. The third-order valence-electron chi connectivity index (χ3n) is 19.7. The number of ketones is 5. The molecule has 4 aliphatic rings. The van der Waals surface area contributed by atoms with E-state index in [4.69, 9.17) is 24.7 Å². The van der Waals surface area contributed by atoms with Crippen molar-refractivity contribution in [3.63, 3.8) is 0 Å². The van der Waals surface area contributed by atoms with Gasteiger partial charge in [0.05, 0.1) is 76.8 Å². The Morgan fingerprint density at radius 3 is 1.07 bits per heavy atom. The van der Waals surface area contributed by atoms with Crippen LogP contribution in [0.5, 0.6) is 0 Å². The van der Waals surface area contributed by atoms with Gasteiger partial charge in [0.15, 0.2) is 17.3 Å². The fourth-order valence-electron chi connectivity index (χ4n) is 13.3. The summed E-state index contributed by atoms with van der Waals surface area (Å²) in [7, 11) is 0. The van der Waals surface area contributed by atoms with E-state index in [1.807, 2.05) is 182 Å². The van der Waals surface area contributed by atoms with E-state index in [0.717, 1.165) is 22.3 Å². The number of carbonyl (C=O) groups is 10. The first-order valence-corrected chi connectivity index (χ1v) is 51.2. The number of carboxylic acids is 1. The van der Waals surface area contributed by atoms with E-state index < -0.39 is 59.1 Å². The third kappa shape index (κ3) is 39.4. The number of epoxide rings is 2. The summed E-state index contributed by atoms with van der Waals surface area (Å²) in [5, 5.41) is 21.1. The molecule has 7 N–H and O–H groups in total. The van der Waals surface area contributed by atoms with Crippen molar-refractivity contribution in [3.05, 3.63) is 144 Å². The van der Waals surface area contributed by atoms with Crippen molar-refractivity contribution < 1.29 is 118 Å². The van der Waals surface area contributed by atoms with Gasteiger partial charge in [-0.3, -0.25) is 53.0 Å². The number of morpholine rings is 2. The fraction of sp³-hybridized carbons (Fsp3) is 0.600. The zero-order valence-corrected chi connectivity index (χ0v) is 75.5. The normalized spacial score (nSPS) is 18.7. The van der Waals surface area contributed by atoms with Gasteiger partial charge in [0, 0.05) is 102 Å². The number of benzene rings is 4. The second-order valence-corrected chi connectivity index (χ2v) is 47.6. The maximum atomic E-state index is 14.2. The van der Waals surface area contributed by atoms with E-state index in [-0.39, 0.29) is 149 Å². The molecule has 26 heteroatoms. The van der Waals surface area contributed by atoms with Gasteiger partial charge in [0.1, 0.15) is 28.8 Å². The Balaban J connectivity index is 0.000000458. The first-order valence-electron chi connectivity index (χ1n) is 38.6. The van der Waals surface area contributed by atoms with Gasteiger partial charge in [0.25, 0.3) is 0 Å². The van der Waals surface area contributed by atoms with E-state index in [1.54, 1.807) is 13.8 Å². The van der Waals surface area contributed by atoms with Crippen molar-refractivity contribution in [3.8, 4) is 0 Å². The molecule has 1 unspecified atom stereocenters. The topological polar surface area (TPSA) is 315 Å². The molecule has 4 aromatic rings. The van der Waals surface area contributed by atoms with Gasteiger partial charge >= 0.3 is 56.5 Å². The monoisotopic (exact) mass is 1950 g/mol. The van der Waals surface area contributed by atoms with E-state index >= 15 is 0 Å². The van der Waals surface area contributed by atoms with Crippen molar-refractivity contribution in [2.75, 3.05) is 85.5 Å². The van der Waals surface area contributed by atoms with Crippen LogP contribution in [-0.4, -0.2) is 194 Å². The van der Waals surface area contributed by atoms with E-state index in [0.29, 0.717) is 156 Å². The minimum absolute atomic E-state index is 0. The number of hydrogen-bond donors (Lipinski definition) is 6. The molecule has 22 nitrogen and oxygen atoms in total. The molecule has 4 aliphatic heterocycles. The molecule has 0 aromatic heterocycles. The first-order chi connectivity index (χ1) is 51.9. The molecule has 4 heterocycles. The quantitative estimate of drug-likeness (QED) is 0.0180. The summed E-state index contributed by atoms with van der Waals surface area (Å²) in [6.45, 7) is 26.1. The number of Topliss-reactive ketones (excluding diaryl/α,β-unsaturated/α-hetero) is 5. The van der Waals surface area contributed by atoms with Gasteiger partial charge in [0.2, 0.25) is 23.6 Å². The molecule has 4 amide bonds. The van der Waals surface area contributed by atoms with Gasteiger partial charge in [-0.25, -0.2) is 4.79 Å². The smallest absolute Gasteiger partial charge is 0 e. The number of rotatable bonds is 43. The maximum Gasteiger partial charge on any atom is 0 e. The van der Waals surface area contributed by atoms with E-state index in [2.05, 4.69) is 63.4 Å². The Labute approximate surface area is 715 Å². The molecule has 8 rings (SSSR count). The number of ether oxygens (including phenoxy) is 4. The molecule has 0 aliphatic carbocycles. The summed E-state index contributed by atoms with van der Waals surface area (Å²) < 4.78 is 21.4. The van der Waals surface area contributed by atoms with Crippen LogP contribution in [0.2, 0.25) is 0 Å². The number of carbonyl (C=O) groups excluding carboxylic acids is 9. The molecule has 10 atom stereocenters. The van der Waals surface area contributed by atoms with Crippen molar-refractivity contribution in [2.24, 2.45) is 53.1 Å². The van der Waals surface area contributed by atoms with E-state index in [9.17, 15) is 53.1 Å². The number of nitrogens with two attached hydrogens (primary N) is 1.